The first-order chi connectivity index (χ1) is 6.85. The van der Waals surface area contributed by atoms with Crippen LogP contribution in [0.2, 0.25) is 0 Å². The summed E-state index contributed by atoms with van der Waals surface area (Å²) in [5.74, 6) is 1.64. The van der Waals surface area contributed by atoms with E-state index in [1.54, 1.807) is 7.11 Å². The molecular weight excluding hydrogens is 178 g/mol. The molecule has 3 nitrogen and oxygen atoms in total. The van der Waals surface area contributed by atoms with Gasteiger partial charge in [-0.15, -0.1) is 0 Å². The molecule has 1 fully saturated rings. The molecule has 0 spiro atoms. The Bertz CT molecular complexity index is 321. The van der Waals surface area contributed by atoms with E-state index >= 15 is 0 Å². The van der Waals surface area contributed by atoms with Crippen LogP contribution < -0.4 is 14.8 Å². The summed E-state index contributed by atoms with van der Waals surface area (Å²) in [6.45, 7) is 3.71. The zero-order valence-electron chi connectivity index (χ0n) is 8.54. The monoisotopic (exact) mass is 193 g/mol. The molecule has 0 aromatic heterocycles. The molecule has 1 aliphatic rings. The van der Waals surface area contributed by atoms with Crippen molar-refractivity contribution in [3.05, 3.63) is 23.8 Å². The van der Waals surface area contributed by atoms with Crippen LogP contribution in [0.1, 0.15) is 18.5 Å². The molecule has 3 heteroatoms. The van der Waals surface area contributed by atoms with Gasteiger partial charge in [0.05, 0.1) is 13.7 Å². The van der Waals surface area contributed by atoms with Crippen LogP contribution in [-0.4, -0.2) is 20.3 Å². The molecule has 1 aromatic rings. The lowest BCUT2D eigenvalue weighted by Gasteiger charge is -2.10. The van der Waals surface area contributed by atoms with Crippen molar-refractivity contribution in [1.82, 2.24) is 5.32 Å². The van der Waals surface area contributed by atoms with Crippen LogP contribution in [-0.2, 0) is 0 Å². The summed E-state index contributed by atoms with van der Waals surface area (Å²) in [4.78, 5) is 0. The second kappa shape index (κ2) is 3.88. The average Bonchev–Trinajstić information content (AvgIpc) is 3.01. The summed E-state index contributed by atoms with van der Waals surface area (Å²) < 4.78 is 10.7. The van der Waals surface area contributed by atoms with Crippen LogP contribution in [0.5, 0.6) is 11.5 Å². The first-order valence-electron chi connectivity index (χ1n) is 4.89. The largest absolute Gasteiger partial charge is 0.493 e. The van der Waals surface area contributed by atoms with Gasteiger partial charge in [-0.2, -0.15) is 0 Å². The van der Waals surface area contributed by atoms with E-state index in [1.165, 1.54) is 5.56 Å². The number of hydrogen-bond donors (Lipinski definition) is 1. The summed E-state index contributed by atoms with van der Waals surface area (Å²) in [7, 11) is 1.66. The van der Waals surface area contributed by atoms with Crippen LogP contribution in [0.3, 0.4) is 0 Å². The lowest BCUT2D eigenvalue weighted by Crippen LogP contribution is -1.96. The molecule has 0 saturated carbocycles. The van der Waals surface area contributed by atoms with Crippen LogP contribution in [0, 0.1) is 0 Å². The molecule has 0 unspecified atom stereocenters. The van der Waals surface area contributed by atoms with Crippen molar-refractivity contribution in [2.24, 2.45) is 0 Å². The maximum Gasteiger partial charge on any atom is 0.161 e. The average molecular weight is 193 g/mol. The third kappa shape index (κ3) is 1.82. The van der Waals surface area contributed by atoms with Gasteiger partial charge >= 0.3 is 0 Å². The van der Waals surface area contributed by atoms with E-state index in [0.717, 1.165) is 18.0 Å². The first-order valence-corrected chi connectivity index (χ1v) is 4.89. The Kier molecular flexibility index (Phi) is 2.59. The van der Waals surface area contributed by atoms with Crippen molar-refractivity contribution in [3.8, 4) is 11.5 Å². The number of ether oxygens (including phenoxy) is 2. The maximum atomic E-state index is 5.49. The highest BCUT2D eigenvalue weighted by Crippen LogP contribution is 2.32. The molecule has 0 amide bonds. The van der Waals surface area contributed by atoms with Crippen molar-refractivity contribution in [3.63, 3.8) is 0 Å². The molecule has 1 atom stereocenters. The SMILES string of the molecule is CCOc1cc([C@H]2CN2)ccc1OC. The minimum Gasteiger partial charge on any atom is -0.493 e. The molecule has 1 saturated heterocycles. The second-order valence-electron chi connectivity index (χ2n) is 3.30. The van der Waals surface area contributed by atoms with Crippen LogP contribution in [0.4, 0.5) is 0 Å². The van der Waals surface area contributed by atoms with E-state index < -0.39 is 0 Å². The fourth-order valence-electron chi connectivity index (χ4n) is 1.47. The molecule has 1 aromatic carbocycles. The van der Waals surface area contributed by atoms with Gasteiger partial charge in [-0.1, -0.05) is 6.07 Å². The number of methoxy groups -OCH3 is 1. The molecule has 1 heterocycles. The van der Waals surface area contributed by atoms with Gasteiger partial charge in [0.25, 0.3) is 0 Å². The zero-order valence-corrected chi connectivity index (χ0v) is 8.54. The van der Waals surface area contributed by atoms with Gasteiger partial charge < -0.3 is 14.8 Å². The van der Waals surface area contributed by atoms with Crippen molar-refractivity contribution in [1.29, 1.82) is 0 Å². The second-order valence-corrected chi connectivity index (χ2v) is 3.30. The number of hydrogen-bond acceptors (Lipinski definition) is 3. The summed E-state index contributed by atoms with van der Waals surface area (Å²) in [6.07, 6.45) is 0. The van der Waals surface area contributed by atoms with Gasteiger partial charge in [0.1, 0.15) is 0 Å². The van der Waals surface area contributed by atoms with Crippen LogP contribution in [0.15, 0.2) is 18.2 Å². The van der Waals surface area contributed by atoms with E-state index in [1.807, 2.05) is 19.1 Å². The lowest BCUT2D eigenvalue weighted by atomic mass is 10.1. The predicted molar refractivity (Wildman–Crippen MR) is 54.9 cm³/mol. The predicted octanol–water partition coefficient (Wildman–Crippen LogP) is 1.74. The number of rotatable bonds is 4. The van der Waals surface area contributed by atoms with Gasteiger partial charge in [-0.25, -0.2) is 0 Å². The van der Waals surface area contributed by atoms with E-state index in [4.69, 9.17) is 9.47 Å². The summed E-state index contributed by atoms with van der Waals surface area (Å²) in [6, 6.07) is 6.60. The molecule has 0 bridgehead atoms. The van der Waals surface area contributed by atoms with Crippen molar-refractivity contribution in [2.45, 2.75) is 13.0 Å². The number of benzene rings is 1. The Balaban J connectivity index is 2.26. The smallest absolute Gasteiger partial charge is 0.161 e. The first kappa shape index (κ1) is 9.34. The summed E-state index contributed by atoms with van der Waals surface area (Å²) >= 11 is 0. The third-order valence-electron chi connectivity index (χ3n) is 2.30. The molecule has 1 N–H and O–H groups in total. The van der Waals surface area contributed by atoms with Crippen LogP contribution >= 0.6 is 0 Å². The summed E-state index contributed by atoms with van der Waals surface area (Å²) in [5.41, 5.74) is 1.27. The highest BCUT2D eigenvalue weighted by molar-refractivity contribution is 5.44. The molecule has 76 valence electrons. The highest BCUT2D eigenvalue weighted by atomic mass is 16.5. The van der Waals surface area contributed by atoms with Gasteiger partial charge in [0.15, 0.2) is 11.5 Å². The van der Waals surface area contributed by atoms with Gasteiger partial charge in [-0.3, -0.25) is 0 Å². The van der Waals surface area contributed by atoms with Crippen molar-refractivity contribution in [2.75, 3.05) is 20.3 Å². The Morgan fingerprint density at radius 1 is 1.43 bits per heavy atom. The topological polar surface area (TPSA) is 40.4 Å². The molecule has 0 aliphatic carbocycles. The molecule has 0 radical (unpaired) electrons. The molecule has 2 rings (SSSR count). The van der Waals surface area contributed by atoms with E-state index in [9.17, 15) is 0 Å². The Morgan fingerprint density at radius 3 is 2.79 bits per heavy atom. The van der Waals surface area contributed by atoms with Crippen molar-refractivity contribution >= 4 is 0 Å². The zero-order chi connectivity index (χ0) is 9.97. The van der Waals surface area contributed by atoms with Gasteiger partial charge in [0, 0.05) is 12.6 Å². The van der Waals surface area contributed by atoms with Crippen LogP contribution in [0.25, 0.3) is 0 Å². The van der Waals surface area contributed by atoms with Gasteiger partial charge in [-0.05, 0) is 24.6 Å². The van der Waals surface area contributed by atoms with Crippen molar-refractivity contribution < 1.29 is 9.47 Å². The van der Waals surface area contributed by atoms with E-state index in [0.29, 0.717) is 12.6 Å². The summed E-state index contributed by atoms with van der Waals surface area (Å²) in [5, 5.41) is 3.26. The highest BCUT2D eigenvalue weighted by Gasteiger charge is 2.23. The minimum absolute atomic E-state index is 0.514. The fourth-order valence-corrected chi connectivity index (χ4v) is 1.47. The fraction of sp³-hybridized carbons (Fsp3) is 0.455. The van der Waals surface area contributed by atoms with E-state index in [2.05, 4.69) is 11.4 Å². The number of nitrogens with one attached hydrogen (secondary N) is 1. The Morgan fingerprint density at radius 2 is 2.21 bits per heavy atom. The Labute approximate surface area is 84.0 Å². The quantitative estimate of drug-likeness (QED) is 0.740. The third-order valence-corrected chi connectivity index (χ3v) is 2.30. The van der Waals surface area contributed by atoms with Gasteiger partial charge in [0.2, 0.25) is 0 Å². The molecule has 14 heavy (non-hydrogen) atoms. The lowest BCUT2D eigenvalue weighted by molar-refractivity contribution is 0.310. The Hall–Kier alpha value is -1.22. The normalized spacial score (nSPS) is 19.1. The van der Waals surface area contributed by atoms with E-state index in [-0.39, 0.29) is 0 Å². The maximum absolute atomic E-state index is 5.49. The minimum atomic E-state index is 0.514. The molecular formula is C11H15NO2. The molecule has 1 aliphatic heterocycles. The standard InChI is InChI=1S/C11H15NO2/c1-3-14-11-6-8(9-7-12-9)4-5-10(11)13-2/h4-6,9,12H,3,7H2,1-2H3/t9-/m1/s1.